The number of hydrogen-bond donors (Lipinski definition) is 1. The van der Waals surface area contributed by atoms with Gasteiger partial charge in [0.1, 0.15) is 0 Å². The van der Waals surface area contributed by atoms with E-state index < -0.39 is 5.60 Å². The molecular formula is C13H22O2. The standard InChI is InChI=1S/C13H22O2/c1-15-12-7-9-13(14,10-8-12)11-5-3-2-4-6-11/h5,12,14H,2-4,6-10H2,1H3. The lowest BCUT2D eigenvalue weighted by molar-refractivity contribution is -0.0228. The lowest BCUT2D eigenvalue weighted by atomic mass is 9.75. The van der Waals surface area contributed by atoms with Gasteiger partial charge in [-0.3, -0.25) is 0 Å². The van der Waals surface area contributed by atoms with E-state index in [0.29, 0.717) is 6.10 Å². The summed E-state index contributed by atoms with van der Waals surface area (Å²) >= 11 is 0. The van der Waals surface area contributed by atoms with Crippen molar-refractivity contribution in [3.05, 3.63) is 11.6 Å². The van der Waals surface area contributed by atoms with E-state index >= 15 is 0 Å². The molecule has 15 heavy (non-hydrogen) atoms. The van der Waals surface area contributed by atoms with Crippen LogP contribution in [0.25, 0.3) is 0 Å². The number of rotatable bonds is 2. The minimum absolute atomic E-state index is 0.370. The predicted octanol–water partition coefficient (Wildman–Crippen LogP) is 2.81. The topological polar surface area (TPSA) is 29.5 Å². The van der Waals surface area contributed by atoms with Crippen molar-refractivity contribution in [1.82, 2.24) is 0 Å². The number of allylic oxidation sites excluding steroid dienone is 1. The van der Waals surface area contributed by atoms with Gasteiger partial charge in [0.25, 0.3) is 0 Å². The maximum atomic E-state index is 10.6. The summed E-state index contributed by atoms with van der Waals surface area (Å²) in [6.07, 6.45) is 11.2. The van der Waals surface area contributed by atoms with Crippen LogP contribution in [-0.4, -0.2) is 23.9 Å². The van der Waals surface area contributed by atoms with Crippen LogP contribution in [0, 0.1) is 0 Å². The molecule has 0 radical (unpaired) electrons. The monoisotopic (exact) mass is 210 g/mol. The third-order valence-electron chi connectivity index (χ3n) is 3.98. The number of hydrogen-bond acceptors (Lipinski definition) is 2. The highest BCUT2D eigenvalue weighted by Gasteiger charge is 2.36. The molecule has 86 valence electrons. The highest BCUT2D eigenvalue weighted by molar-refractivity contribution is 5.19. The summed E-state index contributed by atoms with van der Waals surface area (Å²) < 4.78 is 5.34. The summed E-state index contributed by atoms with van der Waals surface area (Å²) in [5.41, 5.74) is 0.818. The van der Waals surface area contributed by atoms with E-state index in [2.05, 4.69) is 6.08 Å². The minimum atomic E-state index is -0.491. The molecule has 2 aliphatic rings. The zero-order valence-corrected chi connectivity index (χ0v) is 9.67. The van der Waals surface area contributed by atoms with E-state index in [-0.39, 0.29) is 0 Å². The lowest BCUT2D eigenvalue weighted by Gasteiger charge is -2.38. The van der Waals surface area contributed by atoms with Gasteiger partial charge in [0.2, 0.25) is 0 Å². The molecule has 1 N–H and O–H groups in total. The van der Waals surface area contributed by atoms with Crippen molar-refractivity contribution < 1.29 is 9.84 Å². The highest BCUT2D eigenvalue weighted by atomic mass is 16.5. The first-order valence-electron chi connectivity index (χ1n) is 6.19. The van der Waals surface area contributed by atoms with Crippen LogP contribution < -0.4 is 0 Å². The first-order chi connectivity index (χ1) is 7.24. The molecule has 0 spiro atoms. The molecule has 0 atom stereocenters. The van der Waals surface area contributed by atoms with Gasteiger partial charge in [-0.05, 0) is 56.9 Å². The highest BCUT2D eigenvalue weighted by Crippen LogP contribution is 2.39. The van der Waals surface area contributed by atoms with E-state index in [1.807, 2.05) is 0 Å². The average Bonchev–Trinajstić information content (AvgIpc) is 2.31. The Morgan fingerprint density at radius 1 is 1.33 bits per heavy atom. The lowest BCUT2D eigenvalue weighted by Crippen LogP contribution is -2.38. The van der Waals surface area contributed by atoms with Gasteiger partial charge >= 0.3 is 0 Å². The van der Waals surface area contributed by atoms with Crippen LogP contribution in [0.5, 0.6) is 0 Å². The van der Waals surface area contributed by atoms with Gasteiger partial charge in [-0.1, -0.05) is 6.08 Å². The molecule has 0 unspecified atom stereocenters. The van der Waals surface area contributed by atoms with Gasteiger partial charge in [0.05, 0.1) is 11.7 Å². The normalized spacial score (nSPS) is 37.5. The van der Waals surface area contributed by atoms with E-state index in [1.54, 1.807) is 7.11 Å². The molecule has 1 fully saturated rings. The quantitative estimate of drug-likeness (QED) is 0.710. The Kier molecular flexibility index (Phi) is 3.47. The first-order valence-corrected chi connectivity index (χ1v) is 6.19. The molecule has 2 rings (SSSR count). The summed E-state index contributed by atoms with van der Waals surface area (Å²) in [5.74, 6) is 0. The SMILES string of the molecule is COC1CCC(O)(C2=CCCCC2)CC1. The van der Waals surface area contributed by atoms with Gasteiger partial charge in [-0.2, -0.15) is 0 Å². The van der Waals surface area contributed by atoms with Crippen molar-refractivity contribution >= 4 is 0 Å². The molecule has 2 heteroatoms. The molecule has 0 aliphatic heterocycles. The molecular weight excluding hydrogens is 188 g/mol. The Bertz CT molecular complexity index is 237. The van der Waals surface area contributed by atoms with Crippen molar-refractivity contribution in [3.63, 3.8) is 0 Å². The Balaban J connectivity index is 1.98. The predicted molar refractivity (Wildman–Crippen MR) is 60.8 cm³/mol. The molecule has 0 aromatic carbocycles. The van der Waals surface area contributed by atoms with Gasteiger partial charge in [-0.25, -0.2) is 0 Å². The molecule has 2 nitrogen and oxygen atoms in total. The van der Waals surface area contributed by atoms with Crippen molar-refractivity contribution in [2.24, 2.45) is 0 Å². The van der Waals surface area contributed by atoms with Gasteiger partial charge in [-0.15, -0.1) is 0 Å². The van der Waals surface area contributed by atoms with Crippen LogP contribution in [-0.2, 0) is 4.74 Å². The van der Waals surface area contributed by atoms with E-state index in [1.165, 1.54) is 18.4 Å². The van der Waals surface area contributed by atoms with Crippen molar-refractivity contribution in [3.8, 4) is 0 Å². The van der Waals surface area contributed by atoms with Crippen LogP contribution in [0.4, 0.5) is 0 Å². The minimum Gasteiger partial charge on any atom is -0.386 e. The summed E-state index contributed by atoms with van der Waals surface area (Å²) in [6, 6.07) is 0. The third-order valence-corrected chi connectivity index (χ3v) is 3.98. The molecule has 0 aromatic heterocycles. The molecule has 0 bridgehead atoms. The number of ether oxygens (including phenoxy) is 1. The molecule has 2 aliphatic carbocycles. The summed E-state index contributed by atoms with van der Waals surface area (Å²) in [7, 11) is 1.77. The largest absolute Gasteiger partial charge is 0.386 e. The average molecular weight is 210 g/mol. The maximum Gasteiger partial charge on any atom is 0.0858 e. The van der Waals surface area contributed by atoms with Crippen LogP contribution in [0.2, 0.25) is 0 Å². The Hall–Kier alpha value is -0.340. The number of methoxy groups -OCH3 is 1. The van der Waals surface area contributed by atoms with E-state index in [4.69, 9.17) is 4.74 Å². The van der Waals surface area contributed by atoms with Crippen molar-refractivity contribution in [2.45, 2.75) is 63.1 Å². The zero-order chi connectivity index (χ0) is 10.7. The molecule has 0 heterocycles. The second-order valence-corrected chi connectivity index (χ2v) is 4.94. The summed E-state index contributed by atoms with van der Waals surface area (Å²) in [6.45, 7) is 0. The summed E-state index contributed by atoms with van der Waals surface area (Å²) in [5, 5.41) is 10.6. The Labute approximate surface area is 92.3 Å². The number of aliphatic hydroxyl groups is 1. The fraction of sp³-hybridized carbons (Fsp3) is 0.846. The fourth-order valence-corrected chi connectivity index (χ4v) is 2.89. The van der Waals surface area contributed by atoms with Gasteiger partial charge in [0.15, 0.2) is 0 Å². The molecule has 0 aromatic rings. The first kappa shape index (κ1) is 11.2. The maximum absolute atomic E-state index is 10.6. The van der Waals surface area contributed by atoms with Gasteiger partial charge in [0, 0.05) is 7.11 Å². The van der Waals surface area contributed by atoms with Crippen molar-refractivity contribution in [1.29, 1.82) is 0 Å². The van der Waals surface area contributed by atoms with E-state index in [9.17, 15) is 5.11 Å². The van der Waals surface area contributed by atoms with Crippen LogP contribution >= 0.6 is 0 Å². The third kappa shape index (κ3) is 2.43. The molecule has 0 saturated heterocycles. The second kappa shape index (κ2) is 4.67. The van der Waals surface area contributed by atoms with Crippen molar-refractivity contribution in [2.75, 3.05) is 7.11 Å². The fourth-order valence-electron chi connectivity index (χ4n) is 2.89. The molecule has 1 saturated carbocycles. The Morgan fingerprint density at radius 2 is 2.07 bits per heavy atom. The summed E-state index contributed by atoms with van der Waals surface area (Å²) in [4.78, 5) is 0. The second-order valence-electron chi connectivity index (χ2n) is 4.94. The molecule has 0 amide bonds. The zero-order valence-electron chi connectivity index (χ0n) is 9.67. The smallest absolute Gasteiger partial charge is 0.0858 e. The van der Waals surface area contributed by atoms with E-state index in [0.717, 1.165) is 38.5 Å². The Morgan fingerprint density at radius 3 is 2.60 bits per heavy atom. The van der Waals surface area contributed by atoms with Gasteiger partial charge < -0.3 is 9.84 Å². The van der Waals surface area contributed by atoms with Crippen LogP contribution in [0.15, 0.2) is 11.6 Å². The van der Waals surface area contributed by atoms with Crippen LogP contribution in [0.3, 0.4) is 0 Å². The van der Waals surface area contributed by atoms with Crippen LogP contribution in [0.1, 0.15) is 51.4 Å².